The van der Waals surface area contributed by atoms with Gasteiger partial charge in [-0.05, 0) is 35.9 Å². The Morgan fingerprint density at radius 2 is 1.85 bits per heavy atom. The number of benzene rings is 2. The van der Waals surface area contributed by atoms with Gasteiger partial charge in [0.1, 0.15) is 6.07 Å². The van der Waals surface area contributed by atoms with Crippen LogP contribution in [0.15, 0.2) is 42.5 Å². The number of hydrogen-bond donors (Lipinski definition) is 1. The SMILES string of the molecule is CN(C)c1ccc(CNc2ccc(Cl)cc2C#N)cc1. The zero-order chi connectivity index (χ0) is 14.5. The van der Waals surface area contributed by atoms with Gasteiger partial charge in [-0.1, -0.05) is 23.7 Å². The van der Waals surface area contributed by atoms with Crippen molar-refractivity contribution in [2.24, 2.45) is 0 Å². The second-order valence-electron chi connectivity index (χ2n) is 4.72. The molecular formula is C16H16ClN3. The predicted molar refractivity (Wildman–Crippen MR) is 84.3 cm³/mol. The molecule has 0 aliphatic carbocycles. The minimum atomic E-state index is 0.558. The number of nitrogens with zero attached hydrogens (tertiary/aromatic N) is 2. The minimum Gasteiger partial charge on any atom is -0.380 e. The van der Waals surface area contributed by atoms with Crippen molar-refractivity contribution in [1.29, 1.82) is 5.26 Å². The highest BCUT2D eigenvalue weighted by Gasteiger charge is 2.03. The molecule has 0 heterocycles. The van der Waals surface area contributed by atoms with Crippen molar-refractivity contribution in [3.05, 3.63) is 58.6 Å². The Labute approximate surface area is 124 Å². The van der Waals surface area contributed by atoms with E-state index in [0.717, 1.165) is 16.9 Å². The normalized spacial score (nSPS) is 9.90. The molecule has 0 aromatic heterocycles. The van der Waals surface area contributed by atoms with Gasteiger partial charge in [0.2, 0.25) is 0 Å². The molecule has 4 heteroatoms. The van der Waals surface area contributed by atoms with Crippen molar-refractivity contribution in [2.75, 3.05) is 24.3 Å². The molecule has 0 amide bonds. The highest BCUT2D eigenvalue weighted by molar-refractivity contribution is 6.30. The van der Waals surface area contributed by atoms with E-state index >= 15 is 0 Å². The summed E-state index contributed by atoms with van der Waals surface area (Å²) in [5.74, 6) is 0. The first-order valence-electron chi connectivity index (χ1n) is 6.30. The van der Waals surface area contributed by atoms with Gasteiger partial charge in [0.15, 0.2) is 0 Å². The summed E-state index contributed by atoms with van der Waals surface area (Å²) in [5.41, 5.74) is 3.68. The zero-order valence-electron chi connectivity index (χ0n) is 11.5. The van der Waals surface area contributed by atoms with E-state index in [1.54, 1.807) is 12.1 Å². The molecule has 0 fully saturated rings. The first-order chi connectivity index (χ1) is 9.60. The largest absolute Gasteiger partial charge is 0.380 e. The monoisotopic (exact) mass is 285 g/mol. The number of nitrogens with one attached hydrogen (secondary N) is 1. The van der Waals surface area contributed by atoms with Gasteiger partial charge in [0, 0.05) is 31.4 Å². The summed E-state index contributed by atoms with van der Waals surface area (Å²) in [6.45, 7) is 0.671. The van der Waals surface area contributed by atoms with Crippen LogP contribution in [0.4, 0.5) is 11.4 Å². The van der Waals surface area contributed by atoms with E-state index in [1.165, 1.54) is 0 Å². The van der Waals surface area contributed by atoms with Crippen LogP contribution >= 0.6 is 11.6 Å². The molecule has 0 aliphatic heterocycles. The summed E-state index contributed by atoms with van der Waals surface area (Å²) < 4.78 is 0. The number of hydrogen-bond acceptors (Lipinski definition) is 3. The van der Waals surface area contributed by atoms with Crippen LogP contribution in [0.1, 0.15) is 11.1 Å². The van der Waals surface area contributed by atoms with E-state index in [0.29, 0.717) is 17.1 Å². The summed E-state index contributed by atoms with van der Waals surface area (Å²) in [6.07, 6.45) is 0. The first-order valence-corrected chi connectivity index (χ1v) is 6.68. The molecule has 0 spiro atoms. The maximum absolute atomic E-state index is 9.08. The van der Waals surface area contributed by atoms with Gasteiger partial charge in [-0.15, -0.1) is 0 Å². The summed E-state index contributed by atoms with van der Waals surface area (Å²) in [7, 11) is 4.03. The van der Waals surface area contributed by atoms with E-state index in [-0.39, 0.29) is 0 Å². The smallest absolute Gasteiger partial charge is 0.101 e. The fraction of sp³-hybridized carbons (Fsp3) is 0.188. The van der Waals surface area contributed by atoms with Crippen LogP contribution < -0.4 is 10.2 Å². The maximum Gasteiger partial charge on any atom is 0.101 e. The van der Waals surface area contributed by atoms with Crippen molar-refractivity contribution >= 4 is 23.0 Å². The lowest BCUT2D eigenvalue weighted by molar-refractivity contribution is 1.11. The third kappa shape index (κ3) is 3.43. The van der Waals surface area contributed by atoms with Crippen molar-refractivity contribution in [2.45, 2.75) is 6.54 Å². The van der Waals surface area contributed by atoms with E-state index in [2.05, 4.69) is 40.6 Å². The molecule has 0 aliphatic rings. The molecule has 0 radical (unpaired) electrons. The molecule has 0 unspecified atom stereocenters. The Bertz CT molecular complexity index is 627. The average Bonchev–Trinajstić information content (AvgIpc) is 2.46. The van der Waals surface area contributed by atoms with Crippen molar-refractivity contribution < 1.29 is 0 Å². The van der Waals surface area contributed by atoms with Gasteiger partial charge in [-0.2, -0.15) is 5.26 Å². The molecule has 2 aromatic rings. The molecule has 2 rings (SSSR count). The van der Waals surface area contributed by atoms with E-state index in [1.807, 2.05) is 20.2 Å². The lowest BCUT2D eigenvalue weighted by atomic mass is 10.1. The minimum absolute atomic E-state index is 0.558. The molecule has 0 bridgehead atoms. The van der Waals surface area contributed by atoms with Crippen molar-refractivity contribution in [3.63, 3.8) is 0 Å². The van der Waals surface area contributed by atoms with Gasteiger partial charge in [-0.25, -0.2) is 0 Å². The van der Waals surface area contributed by atoms with Gasteiger partial charge in [-0.3, -0.25) is 0 Å². The van der Waals surface area contributed by atoms with Gasteiger partial charge < -0.3 is 10.2 Å². The maximum atomic E-state index is 9.08. The van der Waals surface area contributed by atoms with Crippen LogP contribution in [0.2, 0.25) is 5.02 Å². The summed E-state index contributed by atoms with van der Waals surface area (Å²) in [5, 5.41) is 12.9. The quantitative estimate of drug-likeness (QED) is 0.926. The third-order valence-corrected chi connectivity index (χ3v) is 3.27. The molecule has 0 atom stereocenters. The van der Waals surface area contributed by atoms with E-state index in [4.69, 9.17) is 16.9 Å². The number of anilines is 2. The number of halogens is 1. The average molecular weight is 286 g/mol. The van der Waals surface area contributed by atoms with Crippen molar-refractivity contribution in [3.8, 4) is 6.07 Å². The Balaban J connectivity index is 2.07. The fourth-order valence-electron chi connectivity index (χ4n) is 1.87. The van der Waals surface area contributed by atoms with E-state index < -0.39 is 0 Å². The molecule has 0 saturated carbocycles. The molecule has 3 nitrogen and oxygen atoms in total. The summed E-state index contributed by atoms with van der Waals surface area (Å²) >= 11 is 5.88. The highest BCUT2D eigenvalue weighted by atomic mass is 35.5. The van der Waals surface area contributed by atoms with Crippen LogP contribution in [0.25, 0.3) is 0 Å². The number of nitriles is 1. The molecule has 20 heavy (non-hydrogen) atoms. The van der Waals surface area contributed by atoms with Crippen LogP contribution in [-0.4, -0.2) is 14.1 Å². The van der Waals surface area contributed by atoms with Crippen LogP contribution in [0.3, 0.4) is 0 Å². The molecular weight excluding hydrogens is 270 g/mol. The predicted octanol–water partition coefficient (Wildman–Crippen LogP) is 3.89. The Morgan fingerprint density at radius 1 is 1.15 bits per heavy atom. The molecule has 1 N–H and O–H groups in total. The summed E-state index contributed by atoms with van der Waals surface area (Å²) in [6, 6.07) is 15.7. The molecule has 102 valence electrons. The van der Waals surface area contributed by atoms with Crippen LogP contribution in [0.5, 0.6) is 0 Å². The second-order valence-corrected chi connectivity index (χ2v) is 5.15. The lowest BCUT2D eigenvalue weighted by Gasteiger charge is -2.13. The lowest BCUT2D eigenvalue weighted by Crippen LogP contribution is -2.08. The third-order valence-electron chi connectivity index (χ3n) is 3.04. The fourth-order valence-corrected chi connectivity index (χ4v) is 2.04. The first kappa shape index (κ1) is 14.2. The second kappa shape index (κ2) is 6.31. The molecule has 0 saturated heterocycles. The van der Waals surface area contributed by atoms with Gasteiger partial charge >= 0.3 is 0 Å². The van der Waals surface area contributed by atoms with Crippen LogP contribution in [0, 0.1) is 11.3 Å². The Hall–Kier alpha value is -2.18. The number of rotatable bonds is 4. The summed E-state index contributed by atoms with van der Waals surface area (Å²) in [4.78, 5) is 2.06. The Kier molecular flexibility index (Phi) is 4.49. The topological polar surface area (TPSA) is 39.1 Å². The van der Waals surface area contributed by atoms with Crippen LogP contribution in [-0.2, 0) is 6.54 Å². The van der Waals surface area contributed by atoms with Gasteiger partial charge in [0.05, 0.1) is 11.3 Å². The molecule has 2 aromatic carbocycles. The zero-order valence-corrected chi connectivity index (χ0v) is 12.3. The highest BCUT2D eigenvalue weighted by Crippen LogP contribution is 2.21. The van der Waals surface area contributed by atoms with E-state index in [9.17, 15) is 0 Å². The Morgan fingerprint density at radius 3 is 2.45 bits per heavy atom. The van der Waals surface area contributed by atoms with Gasteiger partial charge in [0.25, 0.3) is 0 Å². The van der Waals surface area contributed by atoms with Crippen molar-refractivity contribution in [1.82, 2.24) is 0 Å². The standard InChI is InChI=1S/C16H16ClN3/c1-20(2)15-6-3-12(4-7-15)11-19-16-8-5-14(17)9-13(16)10-18/h3-9,19H,11H2,1-2H3.